The minimum absolute atomic E-state index is 0.0929. The maximum Gasteiger partial charge on any atom is 0.243 e. The molecular weight excluding hydrogens is 387 g/mol. The third kappa shape index (κ3) is 5.35. The summed E-state index contributed by atoms with van der Waals surface area (Å²) in [5.74, 6) is 0.0645. The molecule has 2 aromatic carbocycles. The molecule has 0 bridgehead atoms. The highest BCUT2D eigenvalue weighted by molar-refractivity contribution is 7.92. The van der Waals surface area contributed by atoms with E-state index in [-0.39, 0.29) is 12.2 Å². The Labute approximate surface area is 164 Å². The molecule has 0 spiro atoms. The number of anilines is 1. The summed E-state index contributed by atoms with van der Waals surface area (Å²) in [4.78, 5) is 14.0. The molecule has 28 heavy (non-hydrogen) atoms. The maximum atomic E-state index is 13.5. The van der Waals surface area contributed by atoms with Crippen LogP contribution >= 0.6 is 0 Å². The number of methoxy groups -OCH3 is 2. The van der Waals surface area contributed by atoms with Crippen LogP contribution in [0.2, 0.25) is 0 Å². The molecule has 0 saturated heterocycles. The summed E-state index contributed by atoms with van der Waals surface area (Å²) < 4.78 is 49.0. The van der Waals surface area contributed by atoms with Crippen LogP contribution in [0.15, 0.2) is 42.5 Å². The lowest BCUT2D eigenvalue weighted by molar-refractivity contribution is -0.128. The Morgan fingerprint density at radius 3 is 2.32 bits per heavy atom. The van der Waals surface area contributed by atoms with Gasteiger partial charge in [-0.25, -0.2) is 12.8 Å². The molecule has 0 aliphatic rings. The fourth-order valence-electron chi connectivity index (χ4n) is 2.62. The summed E-state index contributed by atoms with van der Waals surface area (Å²) in [6.45, 7) is -0.202. The van der Waals surface area contributed by atoms with Crippen LogP contribution in [-0.2, 0) is 21.4 Å². The van der Waals surface area contributed by atoms with Crippen LogP contribution in [0.25, 0.3) is 0 Å². The maximum absolute atomic E-state index is 13.5. The van der Waals surface area contributed by atoms with Crippen LogP contribution in [0.1, 0.15) is 5.56 Å². The Kier molecular flexibility index (Phi) is 6.85. The van der Waals surface area contributed by atoms with Crippen molar-refractivity contribution in [1.82, 2.24) is 4.90 Å². The molecule has 152 valence electrons. The van der Waals surface area contributed by atoms with Gasteiger partial charge in [0, 0.05) is 13.6 Å². The number of halogens is 1. The van der Waals surface area contributed by atoms with Crippen LogP contribution in [0.5, 0.6) is 11.5 Å². The number of ether oxygens (including phenoxy) is 2. The van der Waals surface area contributed by atoms with E-state index in [0.717, 1.165) is 22.2 Å². The molecule has 0 fully saturated rings. The van der Waals surface area contributed by atoms with Crippen LogP contribution in [0, 0.1) is 5.82 Å². The number of hydrogen-bond donors (Lipinski definition) is 0. The fourth-order valence-corrected chi connectivity index (χ4v) is 3.46. The first-order chi connectivity index (χ1) is 13.2. The Hall–Kier alpha value is -2.81. The predicted molar refractivity (Wildman–Crippen MR) is 105 cm³/mol. The van der Waals surface area contributed by atoms with Gasteiger partial charge in [-0.2, -0.15) is 0 Å². The summed E-state index contributed by atoms with van der Waals surface area (Å²) >= 11 is 0. The third-order valence-electron chi connectivity index (χ3n) is 4.07. The van der Waals surface area contributed by atoms with Crippen molar-refractivity contribution in [3.63, 3.8) is 0 Å². The number of sulfonamides is 1. The Morgan fingerprint density at radius 1 is 1.07 bits per heavy atom. The van der Waals surface area contributed by atoms with Crippen molar-refractivity contribution in [2.45, 2.75) is 6.54 Å². The van der Waals surface area contributed by atoms with Crippen LogP contribution in [-0.4, -0.2) is 53.3 Å². The lowest BCUT2D eigenvalue weighted by Crippen LogP contribution is -2.41. The topological polar surface area (TPSA) is 76.2 Å². The fraction of sp³-hybridized carbons (Fsp3) is 0.316. The smallest absolute Gasteiger partial charge is 0.243 e. The van der Waals surface area contributed by atoms with Crippen LogP contribution < -0.4 is 13.8 Å². The summed E-state index contributed by atoms with van der Waals surface area (Å²) in [6, 6.07) is 10.3. The van der Waals surface area contributed by atoms with E-state index < -0.39 is 28.3 Å². The summed E-state index contributed by atoms with van der Waals surface area (Å²) in [5, 5.41) is 0. The molecule has 0 aliphatic heterocycles. The molecule has 9 heteroatoms. The number of carbonyl (C=O) groups is 1. The van der Waals surface area contributed by atoms with Crippen molar-refractivity contribution in [3.8, 4) is 11.5 Å². The largest absolute Gasteiger partial charge is 0.493 e. The number of amides is 1. The first kappa shape index (κ1) is 21.5. The normalized spacial score (nSPS) is 11.0. The van der Waals surface area contributed by atoms with Crippen LogP contribution in [0.4, 0.5) is 10.1 Å². The summed E-state index contributed by atoms with van der Waals surface area (Å²) in [7, 11) is 0.828. The minimum Gasteiger partial charge on any atom is -0.493 e. The van der Waals surface area contributed by atoms with Crippen molar-refractivity contribution in [1.29, 1.82) is 0 Å². The van der Waals surface area contributed by atoms with E-state index >= 15 is 0 Å². The zero-order chi connectivity index (χ0) is 20.9. The molecule has 0 aromatic heterocycles. The highest BCUT2D eigenvalue weighted by atomic mass is 32.2. The lowest BCUT2D eigenvalue weighted by atomic mass is 10.2. The first-order valence-corrected chi connectivity index (χ1v) is 10.2. The Bertz CT molecular complexity index is 949. The number of carbonyl (C=O) groups excluding carboxylic acids is 1. The van der Waals surface area contributed by atoms with E-state index in [1.54, 1.807) is 25.2 Å². The van der Waals surface area contributed by atoms with Gasteiger partial charge >= 0.3 is 0 Å². The Balaban J connectivity index is 2.17. The number of rotatable bonds is 8. The number of hydrogen-bond acceptors (Lipinski definition) is 5. The van der Waals surface area contributed by atoms with E-state index in [9.17, 15) is 17.6 Å². The number of benzene rings is 2. The standard InChI is InChI=1S/C19H23FN2O5S/c1-21(12-14-8-9-17(26-2)18(10-14)27-3)19(23)13-22(28(4,24)25)16-7-5-6-15(20)11-16/h5-11H,12-13H2,1-4H3. The van der Waals surface area contributed by atoms with Gasteiger partial charge in [-0.1, -0.05) is 12.1 Å². The van der Waals surface area contributed by atoms with Gasteiger partial charge in [0.05, 0.1) is 26.2 Å². The number of nitrogens with zero attached hydrogens (tertiary/aromatic N) is 2. The minimum atomic E-state index is -3.77. The van der Waals surface area contributed by atoms with E-state index in [1.807, 2.05) is 0 Å². The van der Waals surface area contributed by atoms with E-state index in [1.165, 1.54) is 37.3 Å². The van der Waals surface area contributed by atoms with Gasteiger partial charge in [0.15, 0.2) is 11.5 Å². The predicted octanol–water partition coefficient (Wildman–Crippen LogP) is 2.27. The van der Waals surface area contributed by atoms with E-state index in [2.05, 4.69) is 0 Å². The highest BCUT2D eigenvalue weighted by Crippen LogP contribution is 2.28. The van der Waals surface area contributed by atoms with Gasteiger partial charge < -0.3 is 14.4 Å². The summed E-state index contributed by atoms with van der Waals surface area (Å²) in [6.07, 6.45) is 0.972. The summed E-state index contributed by atoms with van der Waals surface area (Å²) in [5.41, 5.74) is 0.875. The van der Waals surface area contributed by atoms with Crippen molar-refractivity contribution in [2.75, 3.05) is 38.4 Å². The van der Waals surface area contributed by atoms with Crippen LogP contribution in [0.3, 0.4) is 0 Å². The average molecular weight is 410 g/mol. The molecule has 2 aromatic rings. The molecule has 0 N–H and O–H groups in total. The molecule has 0 saturated carbocycles. The molecule has 7 nitrogen and oxygen atoms in total. The third-order valence-corrected chi connectivity index (χ3v) is 5.21. The van der Waals surface area contributed by atoms with E-state index in [0.29, 0.717) is 11.5 Å². The second-order valence-electron chi connectivity index (χ2n) is 6.19. The molecule has 0 atom stereocenters. The zero-order valence-electron chi connectivity index (χ0n) is 16.2. The SMILES string of the molecule is COc1ccc(CN(C)C(=O)CN(c2cccc(F)c2)S(C)(=O)=O)cc1OC. The molecular formula is C19H23FN2O5S. The number of likely N-dealkylation sites (N-methyl/N-ethyl adjacent to an activating group) is 1. The van der Waals surface area contributed by atoms with Gasteiger partial charge in [-0.3, -0.25) is 9.10 Å². The van der Waals surface area contributed by atoms with Gasteiger partial charge in [0.25, 0.3) is 0 Å². The van der Waals surface area contributed by atoms with Crippen molar-refractivity contribution in [3.05, 3.63) is 53.8 Å². The highest BCUT2D eigenvalue weighted by Gasteiger charge is 2.23. The van der Waals surface area contributed by atoms with Gasteiger partial charge in [-0.05, 0) is 35.9 Å². The molecule has 1 amide bonds. The Morgan fingerprint density at radius 2 is 1.75 bits per heavy atom. The van der Waals surface area contributed by atoms with Gasteiger partial charge in [0.1, 0.15) is 12.4 Å². The molecule has 0 radical (unpaired) electrons. The second kappa shape index (κ2) is 8.92. The van der Waals surface area contributed by atoms with Crippen molar-refractivity contribution >= 4 is 21.6 Å². The quantitative estimate of drug-likeness (QED) is 0.667. The monoisotopic (exact) mass is 410 g/mol. The van der Waals surface area contributed by atoms with Gasteiger partial charge in [0.2, 0.25) is 15.9 Å². The first-order valence-electron chi connectivity index (χ1n) is 8.34. The lowest BCUT2D eigenvalue weighted by Gasteiger charge is -2.25. The average Bonchev–Trinajstić information content (AvgIpc) is 2.64. The van der Waals surface area contributed by atoms with E-state index in [4.69, 9.17) is 9.47 Å². The molecule has 0 aliphatic carbocycles. The molecule has 0 unspecified atom stereocenters. The zero-order valence-corrected chi connectivity index (χ0v) is 17.0. The van der Waals surface area contributed by atoms with Crippen molar-refractivity contribution < 1.29 is 27.1 Å². The second-order valence-corrected chi connectivity index (χ2v) is 8.10. The molecule has 2 rings (SSSR count). The molecule has 0 heterocycles. The van der Waals surface area contributed by atoms with Gasteiger partial charge in [-0.15, -0.1) is 0 Å². The van der Waals surface area contributed by atoms with Crippen molar-refractivity contribution in [2.24, 2.45) is 0 Å².